The Hall–Kier alpha value is -1.44. The van der Waals surface area contributed by atoms with E-state index in [-0.39, 0.29) is 0 Å². The van der Waals surface area contributed by atoms with E-state index >= 15 is 0 Å². The van der Waals surface area contributed by atoms with Gasteiger partial charge in [0.2, 0.25) is 0 Å². The second-order valence-electron chi connectivity index (χ2n) is 7.28. The number of nitrogens with one attached hydrogen (secondary N) is 1. The standard InChI is InChI=1S/C21H30N3P/c1-16(23-15-17-14-18(24(2)3)12-13-22-17)20-10-7-11-21(20)25-19-8-5-4-6-9-19/h4-6,8-9,12-14,16,20-21,23,25H,7,10-11,15H2,1-3H3/t16-,20?,21?/m1/s1. The second kappa shape index (κ2) is 8.78. The molecule has 0 spiro atoms. The molecule has 0 saturated heterocycles. The quantitative estimate of drug-likeness (QED) is 0.766. The van der Waals surface area contributed by atoms with Crippen molar-refractivity contribution in [2.24, 2.45) is 5.92 Å². The van der Waals surface area contributed by atoms with E-state index in [2.05, 4.69) is 78.7 Å². The van der Waals surface area contributed by atoms with Crippen LogP contribution in [0.4, 0.5) is 5.69 Å². The van der Waals surface area contributed by atoms with E-state index in [0.29, 0.717) is 6.04 Å². The zero-order valence-electron chi connectivity index (χ0n) is 15.6. The number of anilines is 1. The monoisotopic (exact) mass is 355 g/mol. The average Bonchev–Trinajstić information content (AvgIpc) is 3.09. The number of hydrogen-bond donors (Lipinski definition) is 1. The molecule has 1 heterocycles. The molecular formula is C21H30N3P. The van der Waals surface area contributed by atoms with Crippen molar-refractivity contribution in [1.82, 2.24) is 10.3 Å². The van der Waals surface area contributed by atoms with Crippen molar-refractivity contribution < 1.29 is 0 Å². The summed E-state index contributed by atoms with van der Waals surface area (Å²) in [7, 11) is 5.08. The molecule has 3 unspecified atom stereocenters. The van der Waals surface area contributed by atoms with Crippen LogP contribution in [0.2, 0.25) is 0 Å². The Morgan fingerprint density at radius 1 is 1.20 bits per heavy atom. The van der Waals surface area contributed by atoms with Crippen molar-refractivity contribution in [2.45, 2.75) is 44.4 Å². The molecule has 1 aromatic carbocycles. The van der Waals surface area contributed by atoms with Gasteiger partial charge in [-0.1, -0.05) is 45.3 Å². The highest BCUT2D eigenvalue weighted by molar-refractivity contribution is 7.48. The molecule has 1 saturated carbocycles. The normalized spacial score (nSPS) is 21.7. The van der Waals surface area contributed by atoms with Crippen LogP contribution in [0.1, 0.15) is 31.9 Å². The predicted octanol–water partition coefficient (Wildman–Crippen LogP) is 3.80. The molecule has 0 radical (unpaired) electrons. The molecule has 2 aromatic rings. The van der Waals surface area contributed by atoms with E-state index in [1.165, 1.54) is 30.3 Å². The highest BCUT2D eigenvalue weighted by atomic mass is 31.1. The molecule has 1 fully saturated rings. The fraction of sp³-hybridized carbons (Fsp3) is 0.476. The first kappa shape index (κ1) is 18.4. The minimum Gasteiger partial charge on any atom is -0.378 e. The van der Waals surface area contributed by atoms with Gasteiger partial charge in [0.15, 0.2) is 0 Å². The van der Waals surface area contributed by atoms with Crippen LogP contribution in [-0.2, 0) is 6.54 Å². The van der Waals surface area contributed by atoms with Crippen molar-refractivity contribution in [3.8, 4) is 0 Å². The van der Waals surface area contributed by atoms with Gasteiger partial charge >= 0.3 is 0 Å². The first-order valence-electron chi connectivity index (χ1n) is 9.30. The maximum Gasteiger partial charge on any atom is 0.0562 e. The lowest BCUT2D eigenvalue weighted by Gasteiger charge is -2.27. The fourth-order valence-corrected chi connectivity index (χ4v) is 5.60. The smallest absolute Gasteiger partial charge is 0.0562 e. The van der Waals surface area contributed by atoms with Crippen molar-refractivity contribution in [3.05, 3.63) is 54.4 Å². The van der Waals surface area contributed by atoms with Crippen LogP contribution in [0.3, 0.4) is 0 Å². The lowest BCUT2D eigenvalue weighted by atomic mass is 9.99. The summed E-state index contributed by atoms with van der Waals surface area (Å²) in [5.74, 6) is 0.774. The maximum absolute atomic E-state index is 4.52. The van der Waals surface area contributed by atoms with Gasteiger partial charge in [0, 0.05) is 38.6 Å². The van der Waals surface area contributed by atoms with E-state index in [0.717, 1.165) is 32.4 Å². The molecule has 1 aliphatic rings. The minimum atomic E-state index is 0.536. The van der Waals surface area contributed by atoms with Gasteiger partial charge in [-0.2, -0.15) is 0 Å². The number of pyridine rings is 1. The molecule has 3 rings (SSSR count). The lowest BCUT2D eigenvalue weighted by Crippen LogP contribution is -2.36. The van der Waals surface area contributed by atoms with Crippen LogP contribution >= 0.6 is 8.58 Å². The summed E-state index contributed by atoms with van der Waals surface area (Å²) in [5.41, 5.74) is 3.16. The molecule has 0 amide bonds. The molecule has 3 nitrogen and oxygen atoms in total. The summed E-state index contributed by atoms with van der Waals surface area (Å²) in [6.45, 7) is 3.20. The molecule has 0 aliphatic heterocycles. The summed E-state index contributed by atoms with van der Waals surface area (Å²) >= 11 is 0. The molecular weight excluding hydrogens is 325 g/mol. The Balaban J connectivity index is 1.56. The lowest BCUT2D eigenvalue weighted by molar-refractivity contribution is 0.384. The molecule has 1 aliphatic carbocycles. The van der Waals surface area contributed by atoms with Crippen LogP contribution < -0.4 is 15.5 Å². The molecule has 25 heavy (non-hydrogen) atoms. The van der Waals surface area contributed by atoms with Crippen molar-refractivity contribution in [2.75, 3.05) is 19.0 Å². The molecule has 4 heteroatoms. The Morgan fingerprint density at radius 2 is 2.00 bits per heavy atom. The number of nitrogens with zero attached hydrogens (tertiary/aromatic N) is 2. The van der Waals surface area contributed by atoms with Crippen molar-refractivity contribution >= 4 is 19.6 Å². The van der Waals surface area contributed by atoms with Gasteiger partial charge in [-0.3, -0.25) is 4.98 Å². The molecule has 0 bridgehead atoms. The zero-order chi connectivity index (χ0) is 17.6. The predicted molar refractivity (Wildman–Crippen MR) is 110 cm³/mol. The molecule has 1 aromatic heterocycles. The van der Waals surface area contributed by atoms with Crippen LogP contribution in [0.5, 0.6) is 0 Å². The summed E-state index contributed by atoms with van der Waals surface area (Å²) in [4.78, 5) is 6.65. The first-order valence-corrected chi connectivity index (χ1v) is 10.4. The van der Waals surface area contributed by atoms with Gasteiger partial charge in [-0.05, 0) is 48.8 Å². The van der Waals surface area contributed by atoms with Crippen molar-refractivity contribution in [3.63, 3.8) is 0 Å². The third kappa shape index (κ3) is 5.03. The number of benzene rings is 1. The maximum atomic E-state index is 4.52. The van der Waals surface area contributed by atoms with E-state index in [1.54, 1.807) is 0 Å². The van der Waals surface area contributed by atoms with E-state index in [4.69, 9.17) is 0 Å². The van der Waals surface area contributed by atoms with Gasteiger partial charge < -0.3 is 10.2 Å². The van der Waals surface area contributed by atoms with Gasteiger partial charge in [0.05, 0.1) is 5.69 Å². The van der Waals surface area contributed by atoms with E-state index < -0.39 is 0 Å². The van der Waals surface area contributed by atoms with Crippen LogP contribution in [0.25, 0.3) is 0 Å². The summed E-state index contributed by atoms with van der Waals surface area (Å²) in [5, 5.41) is 5.25. The summed E-state index contributed by atoms with van der Waals surface area (Å²) in [6.07, 6.45) is 6.00. The van der Waals surface area contributed by atoms with Crippen molar-refractivity contribution in [1.29, 1.82) is 0 Å². The van der Waals surface area contributed by atoms with Gasteiger partial charge in [0.25, 0.3) is 0 Å². The number of aromatic nitrogens is 1. The van der Waals surface area contributed by atoms with Gasteiger partial charge in [-0.15, -0.1) is 0 Å². The SMILES string of the molecule is C[C@@H](NCc1cc(N(C)C)ccn1)C1CCCC1Pc1ccccc1. The van der Waals surface area contributed by atoms with E-state index in [1.807, 2.05) is 6.20 Å². The summed E-state index contributed by atoms with van der Waals surface area (Å²) in [6, 6.07) is 15.8. The largest absolute Gasteiger partial charge is 0.378 e. The minimum absolute atomic E-state index is 0.536. The zero-order valence-corrected chi connectivity index (χ0v) is 16.6. The van der Waals surface area contributed by atoms with Gasteiger partial charge in [-0.25, -0.2) is 0 Å². The third-order valence-electron chi connectivity index (χ3n) is 5.26. The van der Waals surface area contributed by atoms with Crippen LogP contribution in [0, 0.1) is 5.92 Å². The third-order valence-corrected chi connectivity index (χ3v) is 7.01. The Bertz CT molecular complexity index is 659. The Morgan fingerprint density at radius 3 is 2.76 bits per heavy atom. The summed E-state index contributed by atoms with van der Waals surface area (Å²) < 4.78 is 0. The van der Waals surface area contributed by atoms with Crippen LogP contribution in [-0.4, -0.2) is 30.8 Å². The Kier molecular flexibility index (Phi) is 6.45. The molecule has 1 N–H and O–H groups in total. The second-order valence-corrected chi connectivity index (χ2v) is 8.89. The van der Waals surface area contributed by atoms with Gasteiger partial charge in [0.1, 0.15) is 0 Å². The van der Waals surface area contributed by atoms with E-state index in [9.17, 15) is 0 Å². The number of rotatable bonds is 7. The topological polar surface area (TPSA) is 28.2 Å². The highest BCUT2D eigenvalue weighted by Crippen LogP contribution is 2.40. The number of hydrogen-bond acceptors (Lipinski definition) is 3. The fourth-order valence-electron chi connectivity index (χ4n) is 3.77. The van der Waals surface area contributed by atoms with Crippen LogP contribution in [0.15, 0.2) is 48.7 Å². The first-order chi connectivity index (χ1) is 12.1. The molecule has 4 atom stereocenters. The Labute approximate surface area is 154 Å². The highest BCUT2D eigenvalue weighted by Gasteiger charge is 2.31. The molecule has 134 valence electrons. The average molecular weight is 355 g/mol.